The fraction of sp³-hybridized carbons (Fsp3) is 1.00. The molecular formula is C8H15F6NO2Si. The van der Waals surface area contributed by atoms with Crippen molar-refractivity contribution in [2.45, 2.75) is 31.2 Å². The first-order chi connectivity index (χ1) is 8.14. The van der Waals surface area contributed by atoms with Gasteiger partial charge in [-0.1, -0.05) is 6.42 Å². The van der Waals surface area contributed by atoms with Crippen LogP contribution in [-0.4, -0.2) is 41.4 Å². The summed E-state index contributed by atoms with van der Waals surface area (Å²) in [4.78, 5) is 0. The Kier molecular flexibility index (Phi) is 7.83. The molecule has 0 bridgehead atoms. The number of alkyl halides is 6. The van der Waals surface area contributed by atoms with Gasteiger partial charge in [-0.05, 0) is 19.0 Å². The largest absolute Gasteiger partial charge is 0.410 e. The smallest absolute Gasteiger partial charge is 0.387 e. The van der Waals surface area contributed by atoms with Gasteiger partial charge in [-0.25, -0.2) is 0 Å². The molecule has 0 aliphatic heterocycles. The van der Waals surface area contributed by atoms with Gasteiger partial charge in [0.2, 0.25) is 0 Å². The van der Waals surface area contributed by atoms with Crippen LogP contribution < -0.4 is 5.73 Å². The molecule has 0 heterocycles. The van der Waals surface area contributed by atoms with E-state index < -0.39 is 34.9 Å². The highest BCUT2D eigenvalue weighted by atomic mass is 28.3. The summed E-state index contributed by atoms with van der Waals surface area (Å²) in [6.07, 6.45) is -8.24. The second-order valence-corrected chi connectivity index (χ2v) is 5.67. The summed E-state index contributed by atoms with van der Waals surface area (Å²) in [6, 6.07) is 0.0728. The molecule has 2 N–H and O–H groups in total. The van der Waals surface area contributed by atoms with Crippen LogP contribution in [0.2, 0.25) is 6.04 Å². The van der Waals surface area contributed by atoms with Gasteiger partial charge in [-0.15, -0.1) is 0 Å². The predicted octanol–water partition coefficient (Wildman–Crippen LogP) is 2.10. The monoisotopic (exact) mass is 299 g/mol. The van der Waals surface area contributed by atoms with Gasteiger partial charge in [0.25, 0.3) is 0 Å². The van der Waals surface area contributed by atoms with Crippen molar-refractivity contribution in [1.82, 2.24) is 0 Å². The highest BCUT2D eigenvalue weighted by molar-refractivity contribution is 6.44. The van der Waals surface area contributed by atoms with E-state index in [4.69, 9.17) is 5.73 Å². The van der Waals surface area contributed by atoms with Gasteiger partial charge in [0.05, 0.1) is 0 Å². The summed E-state index contributed by atoms with van der Waals surface area (Å²) >= 11 is 0. The molecule has 0 aromatic rings. The molecule has 0 spiro atoms. The van der Waals surface area contributed by atoms with Crippen molar-refractivity contribution >= 4 is 9.28 Å². The molecular weight excluding hydrogens is 284 g/mol. The summed E-state index contributed by atoms with van der Waals surface area (Å²) < 4.78 is 80.1. The van der Waals surface area contributed by atoms with E-state index in [0.717, 1.165) is 0 Å². The molecule has 0 aliphatic carbocycles. The van der Waals surface area contributed by atoms with Gasteiger partial charge in [-0.2, -0.15) is 26.3 Å². The Morgan fingerprint density at radius 3 is 1.61 bits per heavy atom. The summed E-state index contributed by atoms with van der Waals surface area (Å²) in [7, 11) is -2.96. The zero-order valence-corrected chi connectivity index (χ0v) is 10.6. The van der Waals surface area contributed by atoms with Crippen LogP contribution in [0.3, 0.4) is 0 Å². The van der Waals surface area contributed by atoms with Crippen molar-refractivity contribution in [3.05, 3.63) is 0 Å². The van der Waals surface area contributed by atoms with Crippen molar-refractivity contribution in [3.8, 4) is 0 Å². The summed E-state index contributed by atoms with van der Waals surface area (Å²) in [6.45, 7) is -2.84. The third-order valence-corrected chi connectivity index (χ3v) is 3.72. The van der Waals surface area contributed by atoms with Gasteiger partial charge >= 0.3 is 21.6 Å². The van der Waals surface area contributed by atoms with E-state index in [1.165, 1.54) is 0 Å². The van der Waals surface area contributed by atoms with E-state index in [-0.39, 0.29) is 6.04 Å². The molecule has 3 nitrogen and oxygen atoms in total. The first-order valence-electron chi connectivity index (χ1n) is 5.21. The molecule has 0 saturated heterocycles. The normalized spacial score (nSPS) is 13.3. The topological polar surface area (TPSA) is 44.5 Å². The van der Waals surface area contributed by atoms with Crippen LogP contribution in [0.15, 0.2) is 0 Å². The molecule has 0 rings (SSSR count). The fourth-order valence-corrected chi connectivity index (χ4v) is 2.85. The zero-order valence-electron chi connectivity index (χ0n) is 9.48. The summed E-state index contributed by atoms with van der Waals surface area (Å²) in [5.74, 6) is 0. The average Bonchev–Trinajstić information content (AvgIpc) is 2.19. The van der Waals surface area contributed by atoms with Crippen molar-refractivity contribution in [1.29, 1.82) is 0 Å². The SMILES string of the molecule is NCCCC[SiH](OCC(F)(F)F)OCC(F)(F)F. The number of unbranched alkanes of at least 4 members (excludes halogenated alkanes) is 1. The lowest BCUT2D eigenvalue weighted by Gasteiger charge is -2.18. The third-order valence-electron chi connectivity index (χ3n) is 1.76. The van der Waals surface area contributed by atoms with Crippen LogP contribution in [0, 0.1) is 0 Å². The van der Waals surface area contributed by atoms with Crippen LogP contribution in [0.4, 0.5) is 26.3 Å². The second kappa shape index (κ2) is 7.97. The van der Waals surface area contributed by atoms with E-state index in [2.05, 4.69) is 8.85 Å². The Hall–Kier alpha value is -0.323. The van der Waals surface area contributed by atoms with Gasteiger partial charge < -0.3 is 14.6 Å². The lowest BCUT2D eigenvalue weighted by molar-refractivity contribution is -0.168. The molecule has 0 saturated carbocycles. The Labute approximate surface area is 102 Å². The highest BCUT2D eigenvalue weighted by Gasteiger charge is 2.33. The molecule has 0 atom stereocenters. The Morgan fingerprint density at radius 2 is 1.28 bits per heavy atom. The van der Waals surface area contributed by atoms with Crippen molar-refractivity contribution in [2.75, 3.05) is 19.8 Å². The Morgan fingerprint density at radius 1 is 0.833 bits per heavy atom. The molecule has 0 amide bonds. The quantitative estimate of drug-likeness (QED) is 0.424. The minimum absolute atomic E-state index is 0.0728. The maximum Gasteiger partial charge on any atom is 0.410 e. The van der Waals surface area contributed by atoms with E-state index in [9.17, 15) is 26.3 Å². The molecule has 110 valence electrons. The molecule has 0 unspecified atom stereocenters. The van der Waals surface area contributed by atoms with E-state index in [1.54, 1.807) is 0 Å². The van der Waals surface area contributed by atoms with Crippen LogP contribution in [0.1, 0.15) is 12.8 Å². The predicted molar refractivity (Wildman–Crippen MR) is 54.3 cm³/mol. The van der Waals surface area contributed by atoms with Gasteiger partial charge in [0.15, 0.2) is 0 Å². The maximum absolute atomic E-state index is 11.9. The molecule has 0 aliphatic rings. The van der Waals surface area contributed by atoms with Crippen molar-refractivity contribution in [3.63, 3.8) is 0 Å². The van der Waals surface area contributed by atoms with E-state index in [1.807, 2.05) is 0 Å². The van der Waals surface area contributed by atoms with Crippen LogP contribution >= 0.6 is 0 Å². The maximum atomic E-state index is 11.9. The zero-order chi connectivity index (χ0) is 14.2. The van der Waals surface area contributed by atoms with Gasteiger partial charge in [-0.3, -0.25) is 0 Å². The molecule has 0 aromatic heterocycles. The van der Waals surface area contributed by atoms with Crippen LogP contribution in [-0.2, 0) is 8.85 Å². The Bertz CT molecular complexity index is 205. The average molecular weight is 299 g/mol. The molecule has 0 fully saturated rings. The fourth-order valence-electron chi connectivity index (χ4n) is 1.04. The van der Waals surface area contributed by atoms with Crippen LogP contribution in [0.5, 0.6) is 0 Å². The van der Waals surface area contributed by atoms with Crippen molar-refractivity contribution < 1.29 is 35.2 Å². The molecule has 0 radical (unpaired) electrons. The van der Waals surface area contributed by atoms with Gasteiger partial charge in [0, 0.05) is 0 Å². The van der Waals surface area contributed by atoms with Crippen LogP contribution in [0.25, 0.3) is 0 Å². The molecule has 0 aromatic carbocycles. The number of hydrogen-bond donors (Lipinski definition) is 1. The lowest BCUT2D eigenvalue weighted by Crippen LogP contribution is -2.32. The summed E-state index contributed by atoms with van der Waals surface area (Å²) in [5, 5.41) is 0. The Balaban J connectivity index is 4.07. The molecule has 10 heteroatoms. The first-order valence-corrected chi connectivity index (χ1v) is 6.97. The highest BCUT2D eigenvalue weighted by Crippen LogP contribution is 2.19. The minimum atomic E-state index is -4.57. The number of rotatable bonds is 8. The first kappa shape index (κ1) is 17.7. The third kappa shape index (κ3) is 12.1. The molecule has 18 heavy (non-hydrogen) atoms. The second-order valence-electron chi connectivity index (χ2n) is 3.57. The van der Waals surface area contributed by atoms with E-state index in [0.29, 0.717) is 19.4 Å². The number of halogens is 6. The van der Waals surface area contributed by atoms with Gasteiger partial charge in [0.1, 0.15) is 13.2 Å². The summed E-state index contributed by atoms with van der Waals surface area (Å²) in [5.41, 5.74) is 5.17. The standard InChI is InChI=1S/C8H15F6NO2Si/c9-7(10,11)5-16-18(4-2-1-3-15)17-6-8(12,13)14/h18H,1-6,15H2. The van der Waals surface area contributed by atoms with E-state index >= 15 is 0 Å². The van der Waals surface area contributed by atoms with Crippen molar-refractivity contribution in [2.24, 2.45) is 5.73 Å². The number of hydrogen-bond acceptors (Lipinski definition) is 3. The lowest BCUT2D eigenvalue weighted by atomic mass is 10.3. The minimum Gasteiger partial charge on any atom is -0.387 e. The number of nitrogens with two attached hydrogens (primary N) is 1.